The summed E-state index contributed by atoms with van der Waals surface area (Å²) in [5.41, 5.74) is 4.45. The van der Waals surface area contributed by atoms with Crippen LogP contribution in [0.4, 0.5) is 4.79 Å². The molecule has 1 aromatic carbocycles. The van der Waals surface area contributed by atoms with Crippen molar-refractivity contribution in [2.45, 2.75) is 46.1 Å². The van der Waals surface area contributed by atoms with E-state index in [0.29, 0.717) is 18.5 Å². The van der Waals surface area contributed by atoms with Crippen molar-refractivity contribution in [1.29, 1.82) is 0 Å². The van der Waals surface area contributed by atoms with Gasteiger partial charge in [-0.2, -0.15) is 0 Å². The fourth-order valence-corrected chi connectivity index (χ4v) is 2.85. The van der Waals surface area contributed by atoms with Gasteiger partial charge in [0.25, 0.3) is 0 Å². The standard InChI is InChI=1S/C17H20N2O3/c1-11-7-8-13(9-12(11)2)10-18-17(21)19-15-6-4-3-5-14(15)16(20)22-19/h7-9H,3-6,10H2,1-2H3,(H,18,21). The molecule has 0 unspecified atom stereocenters. The highest BCUT2D eigenvalue weighted by molar-refractivity contribution is 5.76. The maximum atomic E-state index is 12.3. The molecular formula is C17H20N2O3. The SMILES string of the molecule is Cc1ccc(CNC(=O)n2oc(=O)c3c2CCCC3)cc1C. The van der Waals surface area contributed by atoms with Gasteiger partial charge in [-0.3, -0.25) is 0 Å². The minimum absolute atomic E-state index is 0.376. The molecule has 0 atom stereocenters. The van der Waals surface area contributed by atoms with Crippen molar-refractivity contribution in [3.8, 4) is 0 Å². The molecule has 1 N–H and O–H groups in total. The molecule has 5 nitrogen and oxygen atoms in total. The van der Waals surface area contributed by atoms with Crippen molar-refractivity contribution in [2.75, 3.05) is 0 Å². The molecule has 0 fully saturated rings. The second-order valence-electron chi connectivity index (χ2n) is 5.88. The molecule has 1 heterocycles. The molecule has 0 radical (unpaired) electrons. The van der Waals surface area contributed by atoms with E-state index in [1.807, 2.05) is 19.1 Å². The summed E-state index contributed by atoms with van der Waals surface area (Å²) >= 11 is 0. The smallest absolute Gasteiger partial charge is 0.331 e. The fraction of sp³-hybridized carbons (Fsp3) is 0.412. The van der Waals surface area contributed by atoms with Gasteiger partial charge in [0.2, 0.25) is 0 Å². The second-order valence-corrected chi connectivity index (χ2v) is 5.88. The first-order chi connectivity index (χ1) is 10.6. The maximum absolute atomic E-state index is 12.3. The number of rotatable bonds is 2. The van der Waals surface area contributed by atoms with Crippen LogP contribution < -0.4 is 10.9 Å². The van der Waals surface area contributed by atoms with Gasteiger partial charge < -0.3 is 9.84 Å². The summed E-state index contributed by atoms with van der Waals surface area (Å²) in [6.07, 6.45) is 3.38. The van der Waals surface area contributed by atoms with Crippen LogP contribution in [0.1, 0.15) is 40.8 Å². The monoisotopic (exact) mass is 300 g/mol. The Morgan fingerprint density at radius 3 is 2.77 bits per heavy atom. The second kappa shape index (κ2) is 5.83. The first-order valence-electron chi connectivity index (χ1n) is 7.64. The third-order valence-electron chi connectivity index (χ3n) is 4.30. The summed E-state index contributed by atoms with van der Waals surface area (Å²) in [5.74, 6) is 0. The molecule has 0 aliphatic heterocycles. The Morgan fingerprint density at radius 1 is 1.23 bits per heavy atom. The minimum Gasteiger partial charge on any atom is -0.331 e. The van der Waals surface area contributed by atoms with Crippen LogP contribution in [0.3, 0.4) is 0 Å². The van der Waals surface area contributed by atoms with E-state index in [1.54, 1.807) is 0 Å². The molecule has 0 saturated carbocycles. The number of nitrogens with one attached hydrogen (secondary N) is 1. The number of fused-ring (bicyclic) bond motifs is 1. The molecule has 0 saturated heterocycles. The normalized spacial score (nSPS) is 13.7. The van der Waals surface area contributed by atoms with Gasteiger partial charge >= 0.3 is 11.7 Å². The van der Waals surface area contributed by atoms with Crippen molar-refractivity contribution in [3.05, 3.63) is 56.6 Å². The quantitative estimate of drug-likeness (QED) is 0.927. The van der Waals surface area contributed by atoms with Crippen LogP contribution in [0.2, 0.25) is 0 Å². The van der Waals surface area contributed by atoms with Crippen molar-refractivity contribution in [3.63, 3.8) is 0 Å². The van der Waals surface area contributed by atoms with Crippen LogP contribution in [0, 0.1) is 13.8 Å². The summed E-state index contributed by atoms with van der Waals surface area (Å²) in [4.78, 5) is 24.1. The van der Waals surface area contributed by atoms with E-state index < -0.39 is 0 Å². The zero-order chi connectivity index (χ0) is 15.7. The fourth-order valence-electron chi connectivity index (χ4n) is 2.85. The summed E-state index contributed by atoms with van der Waals surface area (Å²) in [7, 11) is 0. The van der Waals surface area contributed by atoms with E-state index in [4.69, 9.17) is 4.52 Å². The van der Waals surface area contributed by atoms with Gasteiger partial charge in [0.15, 0.2) is 0 Å². The number of nitrogens with zero attached hydrogens (tertiary/aromatic N) is 1. The van der Waals surface area contributed by atoms with Crippen LogP contribution in [-0.2, 0) is 19.4 Å². The third kappa shape index (κ3) is 2.71. The van der Waals surface area contributed by atoms with Gasteiger partial charge in [-0.15, -0.1) is 4.74 Å². The summed E-state index contributed by atoms with van der Waals surface area (Å²) in [6.45, 7) is 4.51. The van der Waals surface area contributed by atoms with Crippen molar-refractivity contribution in [2.24, 2.45) is 0 Å². The molecule has 0 spiro atoms. The van der Waals surface area contributed by atoms with Gasteiger partial charge in [-0.05, 0) is 56.2 Å². The van der Waals surface area contributed by atoms with Crippen molar-refractivity contribution >= 4 is 6.03 Å². The van der Waals surface area contributed by atoms with Crippen LogP contribution in [0.25, 0.3) is 0 Å². The lowest BCUT2D eigenvalue weighted by Gasteiger charge is -2.12. The van der Waals surface area contributed by atoms with Crippen molar-refractivity contribution < 1.29 is 9.32 Å². The lowest BCUT2D eigenvalue weighted by atomic mass is 9.98. The number of carbonyl (C=O) groups excluding carboxylic acids is 1. The van der Waals surface area contributed by atoms with Crippen LogP contribution in [0.5, 0.6) is 0 Å². The number of benzene rings is 1. The highest BCUT2D eigenvalue weighted by atomic mass is 16.5. The van der Waals surface area contributed by atoms with Gasteiger partial charge in [0, 0.05) is 6.54 Å². The molecule has 3 rings (SSSR count). The minimum atomic E-state index is -0.379. The number of carbonyl (C=O) groups is 1. The van der Waals surface area contributed by atoms with Gasteiger partial charge in [0.05, 0.1) is 11.3 Å². The molecular weight excluding hydrogens is 280 g/mol. The molecule has 1 aliphatic carbocycles. The Balaban J connectivity index is 1.75. The number of amides is 1. The highest BCUT2D eigenvalue weighted by Gasteiger charge is 2.23. The number of aromatic nitrogens is 1. The first-order valence-corrected chi connectivity index (χ1v) is 7.64. The molecule has 1 amide bonds. The molecule has 0 bridgehead atoms. The van der Waals surface area contributed by atoms with E-state index in [2.05, 4.69) is 18.3 Å². The Kier molecular flexibility index (Phi) is 3.88. The maximum Gasteiger partial charge on any atom is 0.361 e. The summed E-state index contributed by atoms with van der Waals surface area (Å²) in [6, 6.07) is 5.70. The summed E-state index contributed by atoms with van der Waals surface area (Å²) < 4.78 is 6.25. The Bertz CT molecular complexity index is 771. The van der Waals surface area contributed by atoms with E-state index in [9.17, 15) is 9.59 Å². The van der Waals surface area contributed by atoms with Crippen LogP contribution in [0.15, 0.2) is 27.5 Å². The van der Waals surface area contributed by atoms with E-state index in [0.717, 1.165) is 35.3 Å². The van der Waals surface area contributed by atoms with E-state index >= 15 is 0 Å². The van der Waals surface area contributed by atoms with E-state index in [1.165, 1.54) is 11.1 Å². The van der Waals surface area contributed by atoms with E-state index in [-0.39, 0.29) is 11.7 Å². The topological polar surface area (TPSA) is 64.2 Å². The molecule has 22 heavy (non-hydrogen) atoms. The Hall–Kier alpha value is -2.30. The average Bonchev–Trinajstić information content (AvgIpc) is 2.86. The largest absolute Gasteiger partial charge is 0.361 e. The Labute approximate surface area is 128 Å². The molecule has 1 aromatic heterocycles. The number of aryl methyl sites for hydroxylation is 2. The van der Waals surface area contributed by atoms with Gasteiger partial charge in [-0.25, -0.2) is 9.59 Å². The van der Waals surface area contributed by atoms with Crippen molar-refractivity contribution in [1.82, 2.24) is 10.1 Å². The predicted molar refractivity (Wildman–Crippen MR) is 83.2 cm³/mol. The van der Waals surface area contributed by atoms with Gasteiger partial charge in [-0.1, -0.05) is 18.2 Å². The van der Waals surface area contributed by atoms with Gasteiger partial charge in [0.1, 0.15) is 0 Å². The zero-order valence-corrected chi connectivity index (χ0v) is 12.9. The molecule has 5 heteroatoms. The summed E-state index contributed by atoms with van der Waals surface area (Å²) in [5, 5.41) is 2.82. The predicted octanol–water partition coefficient (Wildman–Crippen LogP) is 2.69. The molecule has 1 aliphatic rings. The zero-order valence-electron chi connectivity index (χ0n) is 12.9. The van der Waals surface area contributed by atoms with Crippen LogP contribution in [-0.4, -0.2) is 10.8 Å². The molecule has 2 aromatic rings. The number of hydrogen-bond acceptors (Lipinski definition) is 3. The van der Waals surface area contributed by atoms with Crippen LogP contribution >= 0.6 is 0 Å². The number of hydrogen-bond donors (Lipinski definition) is 1. The first kappa shape index (κ1) is 14.6. The average molecular weight is 300 g/mol. The molecule has 116 valence electrons. The lowest BCUT2D eigenvalue weighted by molar-refractivity contribution is 0.204. The lowest BCUT2D eigenvalue weighted by Crippen LogP contribution is -2.29. The Morgan fingerprint density at radius 2 is 2.00 bits per heavy atom. The highest BCUT2D eigenvalue weighted by Crippen LogP contribution is 2.18. The third-order valence-corrected chi connectivity index (χ3v) is 4.30.